The Morgan fingerprint density at radius 2 is 1.44 bits per heavy atom. The van der Waals surface area contributed by atoms with Crippen molar-refractivity contribution in [2.24, 2.45) is 0 Å². The Hall–Kier alpha value is -1.58. The molecule has 1 amide bonds. The molecule has 0 saturated carbocycles. The Morgan fingerprint density at radius 1 is 0.882 bits per heavy atom. The number of allylic oxidation sites excluding steroid dienone is 2. The third-order valence-corrected chi connectivity index (χ3v) is 7.00. The molecular weight excluding hydrogens is 440 g/mol. The lowest BCUT2D eigenvalue weighted by atomic mass is 9.90. The first-order chi connectivity index (χ1) is 16.0. The molecule has 192 valence electrons. The van der Waals surface area contributed by atoms with Gasteiger partial charge in [0, 0.05) is 24.9 Å². The number of benzene rings is 1. The van der Waals surface area contributed by atoms with E-state index < -0.39 is 0 Å². The van der Waals surface area contributed by atoms with Crippen molar-refractivity contribution < 1.29 is 21.7 Å². The van der Waals surface area contributed by atoms with Crippen molar-refractivity contribution in [1.82, 2.24) is 5.32 Å². The summed E-state index contributed by atoms with van der Waals surface area (Å²) in [5, 5.41) is 3.14. The van der Waals surface area contributed by atoms with E-state index in [0.717, 1.165) is 36.8 Å². The largest absolute Gasteiger partial charge is 1.00 e. The summed E-state index contributed by atoms with van der Waals surface area (Å²) in [7, 11) is 4.54. The lowest BCUT2D eigenvalue weighted by molar-refractivity contribution is -0.818. The van der Waals surface area contributed by atoms with Gasteiger partial charge in [-0.25, -0.2) is 0 Å². The molecule has 0 heterocycles. The van der Waals surface area contributed by atoms with Crippen LogP contribution in [0.2, 0.25) is 0 Å². The fraction of sp³-hybridized carbons (Fsp3) is 0.633. The monoisotopic (exact) mass is 488 g/mol. The summed E-state index contributed by atoms with van der Waals surface area (Å²) in [5.41, 5.74) is 5.15. The molecule has 1 aliphatic rings. The average Bonchev–Trinajstić information content (AvgIpc) is 2.80. The number of nitrogens with one attached hydrogen (secondary N) is 1. The normalized spacial score (nSPS) is 13.1. The van der Waals surface area contributed by atoms with Gasteiger partial charge in [-0.05, 0) is 36.1 Å². The summed E-state index contributed by atoms with van der Waals surface area (Å²) < 4.78 is 0.832. The molecule has 0 radical (unpaired) electrons. The van der Waals surface area contributed by atoms with Gasteiger partial charge in [0.1, 0.15) is 5.70 Å². The highest BCUT2D eigenvalue weighted by Crippen LogP contribution is 2.36. The SMILES string of the molecule is C=C1CC=C([N+](C)(C)CCCNC(=O)CCCCCCCCCCCCC)c2ccccc21.[Cl-]. The first-order valence-corrected chi connectivity index (χ1v) is 13.5. The van der Waals surface area contributed by atoms with E-state index in [-0.39, 0.29) is 18.3 Å². The predicted molar refractivity (Wildman–Crippen MR) is 144 cm³/mol. The number of hydrogen-bond donors (Lipinski definition) is 1. The minimum Gasteiger partial charge on any atom is -1.00 e. The zero-order valence-electron chi connectivity index (χ0n) is 22.1. The number of halogens is 1. The highest BCUT2D eigenvalue weighted by Gasteiger charge is 2.28. The van der Waals surface area contributed by atoms with Crippen molar-refractivity contribution in [2.75, 3.05) is 27.2 Å². The summed E-state index contributed by atoms with van der Waals surface area (Å²) in [6, 6.07) is 8.60. The van der Waals surface area contributed by atoms with E-state index >= 15 is 0 Å². The van der Waals surface area contributed by atoms with Gasteiger partial charge in [-0.2, -0.15) is 0 Å². The molecule has 0 bridgehead atoms. The van der Waals surface area contributed by atoms with Gasteiger partial charge in [-0.1, -0.05) is 95.9 Å². The van der Waals surface area contributed by atoms with E-state index in [1.54, 1.807) is 0 Å². The summed E-state index contributed by atoms with van der Waals surface area (Å²) >= 11 is 0. The number of rotatable bonds is 17. The molecule has 0 atom stereocenters. The fourth-order valence-corrected chi connectivity index (χ4v) is 4.89. The lowest BCUT2D eigenvalue weighted by Gasteiger charge is -2.34. The maximum atomic E-state index is 12.2. The van der Waals surface area contributed by atoms with Crippen LogP contribution in [0, 0.1) is 0 Å². The summed E-state index contributed by atoms with van der Waals surface area (Å²) in [6.07, 6.45) is 19.4. The van der Waals surface area contributed by atoms with Crippen LogP contribution in [0.3, 0.4) is 0 Å². The molecular formula is C30H49ClN2O. The highest BCUT2D eigenvalue weighted by atomic mass is 35.5. The maximum absolute atomic E-state index is 12.2. The van der Waals surface area contributed by atoms with Gasteiger partial charge in [0.15, 0.2) is 0 Å². The quantitative estimate of drug-likeness (QED) is 0.249. The predicted octanol–water partition coefficient (Wildman–Crippen LogP) is 4.73. The number of unbranched alkanes of at least 4 members (excludes halogenated alkanes) is 10. The number of nitrogens with zero attached hydrogens (tertiary/aromatic N) is 1. The van der Waals surface area contributed by atoms with Crippen molar-refractivity contribution in [3.8, 4) is 0 Å². The van der Waals surface area contributed by atoms with E-state index in [4.69, 9.17) is 0 Å². The molecule has 34 heavy (non-hydrogen) atoms. The average molecular weight is 489 g/mol. The van der Waals surface area contributed by atoms with Crippen LogP contribution in [0.5, 0.6) is 0 Å². The van der Waals surface area contributed by atoms with Crippen LogP contribution in [-0.2, 0) is 4.79 Å². The van der Waals surface area contributed by atoms with E-state index in [1.165, 1.54) is 86.6 Å². The minimum absolute atomic E-state index is 0. The first-order valence-electron chi connectivity index (χ1n) is 13.5. The summed E-state index contributed by atoms with van der Waals surface area (Å²) in [5.74, 6) is 0.217. The summed E-state index contributed by atoms with van der Waals surface area (Å²) in [4.78, 5) is 12.2. The molecule has 0 aromatic heterocycles. The molecule has 0 spiro atoms. The topological polar surface area (TPSA) is 29.1 Å². The van der Waals surface area contributed by atoms with Crippen LogP contribution < -0.4 is 17.7 Å². The maximum Gasteiger partial charge on any atom is 0.219 e. The third kappa shape index (κ3) is 10.8. The molecule has 1 aliphatic carbocycles. The van der Waals surface area contributed by atoms with Crippen molar-refractivity contribution >= 4 is 17.2 Å². The molecule has 0 saturated heterocycles. The highest BCUT2D eigenvalue weighted by molar-refractivity contribution is 5.81. The number of carbonyl (C=O) groups is 1. The van der Waals surface area contributed by atoms with Crippen molar-refractivity contribution in [3.05, 3.63) is 48.0 Å². The van der Waals surface area contributed by atoms with Crippen LogP contribution >= 0.6 is 0 Å². The van der Waals surface area contributed by atoms with Crippen LogP contribution in [-0.4, -0.2) is 37.6 Å². The van der Waals surface area contributed by atoms with Gasteiger partial charge in [-0.3, -0.25) is 9.28 Å². The van der Waals surface area contributed by atoms with Crippen molar-refractivity contribution in [1.29, 1.82) is 0 Å². The molecule has 1 aromatic carbocycles. The lowest BCUT2D eigenvalue weighted by Crippen LogP contribution is -3.00. The van der Waals surface area contributed by atoms with E-state index in [0.29, 0.717) is 6.42 Å². The number of fused-ring (bicyclic) bond motifs is 1. The van der Waals surface area contributed by atoms with Gasteiger partial charge in [0.05, 0.1) is 20.6 Å². The van der Waals surface area contributed by atoms with E-state index in [9.17, 15) is 4.79 Å². The molecule has 4 heteroatoms. The summed E-state index contributed by atoms with van der Waals surface area (Å²) in [6.45, 7) is 8.27. The van der Waals surface area contributed by atoms with Gasteiger partial charge in [-0.15, -0.1) is 0 Å². The van der Waals surface area contributed by atoms with Crippen molar-refractivity contribution in [3.63, 3.8) is 0 Å². The Balaban J connectivity index is 0.00000578. The molecule has 2 rings (SSSR count). The smallest absolute Gasteiger partial charge is 0.219 e. The van der Waals surface area contributed by atoms with E-state index in [2.05, 4.69) is 63.3 Å². The number of carbonyl (C=O) groups excluding carboxylic acids is 1. The second-order valence-corrected chi connectivity index (χ2v) is 10.3. The Morgan fingerprint density at radius 3 is 2.06 bits per heavy atom. The molecule has 0 fully saturated rings. The number of quaternary nitrogens is 1. The Kier molecular flexibility index (Phi) is 15.2. The van der Waals surface area contributed by atoms with Gasteiger partial charge in [0.2, 0.25) is 5.91 Å². The zero-order valence-corrected chi connectivity index (χ0v) is 22.9. The fourth-order valence-electron chi connectivity index (χ4n) is 4.89. The molecule has 1 aromatic rings. The molecule has 3 nitrogen and oxygen atoms in total. The number of hydrogen-bond acceptors (Lipinski definition) is 1. The van der Waals surface area contributed by atoms with Gasteiger partial charge < -0.3 is 17.7 Å². The second-order valence-electron chi connectivity index (χ2n) is 10.3. The number of amides is 1. The van der Waals surface area contributed by atoms with E-state index in [1.807, 2.05) is 0 Å². The Bertz CT molecular complexity index is 769. The molecule has 0 unspecified atom stereocenters. The van der Waals surface area contributed by atoms with Gasteiger partial charge >= 0.3 is 0 Å². The minimum atomic E-state index is 0. The van der Waals surface area contributed by atoms with Crippen LogP contribution in [0.25, 0.3) is 11.3 Å². The van der Waals surface area contributed by atoms with Crippen LogP contribution in [0.1, 0.15) is 108 Å². The Labute approximate surface area is 216 Å². The molecule has 1 N–H and O–H groups in total. The van der Waals surface area contributed by atoms with Crippen LogP contribution in [0.4, 0.5) is 0 Å². The second kappa shape index (κ2) is 16.9. The van der Waals surface area contributed by atoms with Gasteiger partial charge in [0.25, 0.3) is 0 Å². The standard InChI is InChI=1S/C30H48N2O.ClH/c1-5-6-7-8-9-10-11-12-13-14-15-21-30(33)31-24-18-25-32(3,4)29-23-22-26(2)27-19-16-17-20-28(27)29;/h16-17,19-20,23H,2,5-15,18,21-22,24-25H2,1,3-4H3;1H. The first kappa shape index (κ1) is 30.5. The zero-order chi connectivity index (χ0) is 23.9. The van der Waals surface area contributed by atoms with Crippen molar-refractivity contribution in [2.45, 2.75) is 96.8 Å². The molecule has 0 aliphatic heterocycles. The van der Waals surface area contributed by atoms with Crippen LogP contribution in [0.15, 0.2) is 36.9 Å². The third-order valence-electron chi connectivity index (χ3n) is 7.00.